The predicted octanol–water partition coefficient (Wildman–Crippen LogP) is 5.87. The van der Waals surface area contributed by atoms with Crippen molar-refractivity contribution in [1.29, 1.82) is 0 Å². The van der Waals surface area contributed by atoms with E-state index in [0.717, 1.165) is 25.7 Å². The maximum absolute atomic E-state index is 12.1. The molecule has 4 aliphatic heterocycles. The molecule has 1 saturated carbocycles. The quantitative estimate of drug-likeness (QED) is 0.215. The zero-order chi connectivity index (χ0) is 35.4. The molecule has 268 valence electrons. The topological polar surface area (TPSA) is 141 Å². The fourth-order valence-electron chi connectivity index (χ4n) is 5.90. The van der Waals surface area contributed by atoms with E-state index in [9.17, 15) is 24.0 Å². The molecular formula is C36H58O11. The molecule has 11 heteroatoms. The first-order valence-electron chi connectivity index (χ1n) is 17.4. The third kappa shape index (κ3) is 9.27. The van der Waals surface area contributed by atoms with Crippen LogP contribution in [-0.2, 0) is 52.4 Å². The van der Waals surface area contributed by atoms with Crippen LogP contribution in [0.1, 0.15) is 127 Å². The van der Waals surface area contributed by atoms with Gasteiger partial charge < -0.3 is 28.4 Å². The monoisotopic (exact) mass is 666 g/mol. The Balaban J connectivity index is 0.000000196. The maximum atomic E-state index is 12.1. The van der Waals surface area contributed by atoms with Gasteiger partial charge in [0.15, 0.2) is 0 Å². The van der Waals surface area contributed by atoms with E-state index in [1.165, 1.54) is 12.8 Å². The molecule has 2 bridgehead atoms. The zero-order valence-electron chi connectivity index (χ0n) is 30.2. The number of hydrogen-bond donors (Lipinski definition) is 0. The Morgan fingerprint density at radius 2 is 1.32 bits per heavy atom. The highest BCUT2D eigenvalue weighted by Gasteiger charge is 2.62. The molecule has 11 nitrogen and oxygen atoms in total. The summed E-state index contributed by atoms with van der Waals surface area (Å²) in [5.41, 5.74) is -1.50. The van der Waals surface area contributed by atoms with E-state index in [1.54, 1.807) is 13.8 Å². The van der Waals surface area contributed by atoms with E-state index >= 15 is 0 Å². The van der Waals surface area contributed by atoms with Crippen LogP contribution in [0.5, 0.6) is 0 Å². The smallest absolute Gasteiger partial charge is 0.347 e. The largest absolute Gasteiger partial charge is 0.465 e. The van der Waals surface area contributed by atoms with Crippen LogP contribution in [0, 0.1) is 28.1 Å². The molecule has 4 saturated heterocycles. The molecule has 1 aliphatic carbocycles. The number of fused-ring (bicyclic) bond motifs is 5. The molecule has 0 aromatic heterocycles. The van der Waals surface area contributed by atoms with Crippen molar-refractivity contribution in [2.45, 2.75) is 157 Å². The molecule has 0 amide bonds. The summed E-state index contributed by atoms with van der Waals surface area (Å²) in [5, 5.41) is 0. The number of hydrogen-bond acceptors (Lipinski definition) is 11. The lowest BCUT2D eigenvalue weighted by Gasteiger charge is -2.29. The number of esters is 5. The van der Waals surface area contributed by atoms with Crippen molar-refractivity contribution >= 4 is 29.8 Å². The summed E-state index contributed by atoms with van der Waals surface area (Å²) >= 11 is 0. The van der Waals surface area contributed by atoms with E-state index in [1.807, 2.05) is 48.5 Å². The normalized spacial score (nSPS) is 29.0. The number of carbonyl (C=O) groups is 5. The average molecular weight is 667 g/mol. The maximum Gasteiger partial charge on any atom is 0.347 e. The van der Waals surface area contributed by atoms with Gasteiger partial charge in [-0.05, 0) is 93.4 Å². The van der Waals surface area contributed by atoms with Crippen molar-refractivity contribution in [3.63, 3.8) is 0 Å². The summed E-state index contributed by atoms with van der Waals surface area (Å²) in [6.07, 6.45) is 6.58. The molecule has 0 spiro atoms. The summed E-state index contributed by atoms with van der Waals surface area (Å²) in [6, 6.07) is 0. The molecule has 5 aliphatic rings. The van der Waals surface area contributed by atoms with E-state index < -0.39 is 22.9 Å². The fraction of sp³-hybridized carbons (Fsp3) is 0.861. The molecule has 0 aromatic carbocycles. The van der Waals surface area contributed by atoms with Crippen molar-refractivity contribution in [3.05, 3.63) is 0 Å². The number of cyclic esters (lactones) is 2. The summed E-state index contributed by atoms with van der Waals surface area (Å²) in [5.74, 6) is -1.21. The first kappa shape index (κ1) is 38.8. The Hall–Kier alpha value is -2.69. The second kappa shape index (κ2) is 15.2. The number of ether oxygens (including phenoxy) is 6. The van der Waals surface area contributed by atoms with Gasteiger partial charge in [-0.25, -0.2) is 4.79 Å². The summed E-state index contributed by atoms with van der Waals surface area (Å²) in [4.78, 5) is 58.1. The lowest BCUT2D eigenvalue weighted by atomic mass is 9.79. The Bertz CT molecular complexity index is 1150. The minimum absolute atomic E-state index is 0.0376. The fourth-order valence-corrected chi connectivity index (χ4v) is 5.90. The van der Waals surface area contributed by atoms with Crippen LogP contribution >= 0.6 is 0 Å². The van der Waals surface area contributed by atoms with Crippen molar-refractivity contribution < 1.29 is 52.4 Å². The van der Waals surface area contributed by atoms with Crippen LogP contribution in [0.2, 0.25) is 0 Å². The van der Waals surface area contributed by atoms with E-state index in [-0.39, 0.29) is 65.0 Å². The van der Waals surface area contributed by atoms with Gasteiger partial charge in [0.25, 0.3) is 0 Å². The molecular weight excluding hydrogens is 608 g/mol. The van der Waals surface area contributed by atoms with Gasteiger partial charge in [0.1, 0.15) is 17.8 Å². The SMILES string of the molecule is CCC(C)(C)C(=O)OC1(C)CCCC1.CCC(C)(C)C(=O)OC1CC2OC1C1COC(=O)C21.CCC(C)(C)C(=O)OC1CCOC1=O. The highest BCUT2D eigenvalue weighted by atomic mass is 16.6. The molecule has 0 N–H and O–H groups in total. The van der Waals surface area contributed by atoms with Gasteiger partial charge >= 0.3 is 29.8 Å². The van der Waals surface area contributed by atoms with Crippen molar-refractivity contribution in [2.24, 2.45) is 28.1 Å². The van der Waals surface area contributed by atoms with Gasteiger partial charge in [-0.15, -0.1) is 0 Å². The minimum atomic E-state index is -0.687. The Labute approximate surface area is 280 Å². The lowest BCUT2D eigenvalue weighted by Crippen LogP contribution is -2.41. The second-order valence-electron chi connectivity index (χ2n) is 15.7. The Morgan fingerprint density at radius 3 is 1.83 bits per heavy atom. The van der Waals surface area contributed by atoms with Crippen molar-refractivity contribution in [2.75, 3.05) is 13.2 Å². The van der Waals surface area contributed by atoms with Crippen molar-refractivity contribution in [1.82, 2.24) is 0 Å². The first-order chi connectivity index (χ1) is 21.8. The van der Waals surface area contributed by atoms with Crippen LogP contribution < -0.4 is 0 Å². The predicted molar refractivity (Wildman–Crippen MR) is 172 cm³/mol. The van der Waals surface area contributed by atoms with Crippen LogP contribution in [0.25, 0.3) is 0 Å². The Kier molecular flexibility index (Phi) is 12.6. The second-order valence-corrected chi connectivity index (χ2v) is 15.7. The molecule has 5 rings (SSSR count). The van der Waals surface area contributed by atoms with Gasteiger partial charge in [-0.3, -0.25) is 19.2 Å². The summed E-state index contributed by atoms with van der Waals surface area (Å²) < 4.78 is 31.9. The van der Waals surface area contributed by atoms with E-state index in [0.29, 0.717) is 32.5 Å². The minimum Gasteiger partial charge on any atom is -0.465 e. The molecule has 6 atom stereocenters. The highest BCUT2D eigenvalue weighted by molar-refractivity contribution is 5.83. The molecule has 0 radical (unpaired) electrons. The van der Waals surface area contributed by atoms with Crippen molar-refractivity contribution in [3.8, 4) is 0 Å². The molecule has 4 heterocycles. The van der Waals surface area contributed by atoms with Gasteiger partial charge in [0.2, 0.25) is 6.10 Å². The number of rotatable bonds is 9. The lowest BCUT2D eigenvalue weighted by molar-refractivity contribution is -0.168. The first-order valence-corrected chi connectivity index (χ1v) is 17.4. The van der Waals surface area contributed by atoms with E-state index in [2.05, 4.69) is 6.92 Å². The van der Waals surface area contributed by atoms with Crippen LogP contribution in [0.15, 0.2) is 0 Å². The van der Waals surface area contributed by atoms with E-state index in [4.69, 9.17) is 28.4 Å². The molecule has 0 aromatic rings. The average Bonchev–Trinajstić information content (AvgIpc) is 3.85. The van der Waals surface area contributed by atoms with Gasteiger partial charge in [-0.1, -0.05) is 20.8 Å². The Morgan fingerprint density at radius 1 is 0.787 bits per heavy atom. The molecule has 47 heavy (non-hydrogen) atoms. The third-order valence-electron chi connectivity index (χ3n) is 10.8. The van der Waals surface area contributed by atoms with Gasteiger partial charge in [0, 0.05) is 18.8 Å². The molecule has 5 fully saturated rings. The van der Waals surface area contributed by atoms with Crippen LogP contribution in [-0.4, -0.2) is 73.1 Å². The zero-order valence-corrected chi connectivity index (χ0v) is 30.2. The summed E-state index contributed by atoms with van der Waals surface area (Å²) in [6.45, 7) is 20.0. The van der Waals surface area contributed by atoms with Crippen LogP contribution in [0.4, 0.5) is 0 Å². The van der Waals surface area contributed by atoms with Gasteiger partial charge in [-0.2, -0.15) is 0 Å². The molecule has 6 unspecified atom stereocenters. The highest BCUT2D eigenvalue weighted by Crippen LogP contribution is 2.48. The standard InChI is InChI=1S/C14H20O5.C12H22O2.C10H16O4/c1-4-14(2,3)13(16)19-9-5-8-10-7(11(9)18-8)6-17-12(10)15;1-5-11(2,3)10(13)14-12(4)8-6-7-9-12;1-4-10(2,3)9(12)14-7-5-6-13-8(7)11/h7-11H,4-6H2,1-3H3;5-9H2,1-4H3;7H,4-6H2,1-3H3. The summed E-state index contributed by atoms with van der Waals surface area (Å²) in [7, 11) is 0. The van der Waals surface area contributed by atoms with Crippen LogP contribution in [0.3, 0.4) is 0 Å². The third-order valence-corrected chi connectivity index (χ3v) is 10.8. The van der Waals surface area contributed by atoms with Gasteiger partial charge in [0.05, 0.1) is 41.5 Å². The number of carbonyl (C=O) groups excluding carboxylic acids is 5.